The van der Waals surface area contributed by atoms with Crippen LogP contribution in [0.2, 0.25) is 0 Å². The summed E-state index contributed by atoms with van der Waals surface area (Å²) in [5.74, 6) is 0. The van der Waals surface area contributed by atoms with E-state index in [1.807, 2.05) is 24.3 Å². The second-order valence-electron chi connectivity index (χ2n) is 1.88. The standard InChI is InChI=1S/C7H8IN/c8-5-6-1-3-7(9)4-2-6/h1-4H,5,9H2. The van der Waals surface area contributed by atoms with Gasteiger partial charge in [0, 0.05) is 10.1 Å². The van der Waals surface area contributed by atoms with E-state index < -0.39 is 0 Å². The molecule has 0 aliphatic carbocycles. The second kappa shape index (κ2) is 3.06. The average molecular weight is 233 g/mol. The summed E-state index contributed by atoms with van der Waals surface area (Å²) in [5, 5.41) is 0. The van der Waals surface area contributed by atoms with Crippen LogP contribution < -0.4 is 5.73 Å². The lowest BCUT2D eigenvalue weighted by atomic mass is 10.2. The lowest BCUT2D eigenvalue weighted by Crippen LogP contribution is -1.83. The Bertz CT molecular complexity index is 181. The highest BCUT2D eigenvalue weighted by Crippen LogP contribution is 2.08. The number of nitrogen functional groups attached to an aromatic ring is 1. The summed E-state index contributed by atoms with van der Waals surface area (Å²) in [7, 11) is 0. The minimum Gasteiger partial charge on any atom is -0.399 e. The van der Waals surface area contributed by atoms with Gasteiger partial charge in [-0.25, -0.2) is 0 Å². The molecule has 0 saturated carbocycles. The van der Waals surface area contributed by atoms with Gasteiger partial charge in [-0.3, -0.25) is 0 Å². The first-order valence-electron chi connectivity index (χ1n) is 2.73. The number of hydrogen-bond donors (Lipinski definition) is 1. The maximum atomic E-state index is 5.48. The Morgan fingerprint density at radius 2 is 1.78 bits per heavy atom. The molecule has 0 radical (unpaired) electrons. The average Bonchev–Trinajstić information content (AvgIpc) is 1.90. The molecule has 0 aromatic heterocycles. The lowest BCUT2D eigenvalue weighted by Gasteiger charge is -1.93. The van der Waals surface area contributed by atoms with Crippen molar-refractivity contribution in [3.05, 3.63) is 29.8 Å². The summed E-state index contributed by atoms with van der Waals surface area (Å²) in [6, 6.07) is 7.94. The molecule has 0 fully saturated rings. The van der Waals surface area contributed by atoms with E-state index in [2.05, 4.69) is 22.6 Å². The van der Waals surface area contributed by atoms with Crippen molar-refractivity contribution in [2.24, 2.45) is 0 Å². The summed E-state index contributed by atoms with van der Waals surface area (Å²) in [6.45, 7) is 0. The molecule has 2 heteroatoms. The van der Waals surface area contributed by atoms with Gasteiger partial charge in [0.05, 0.1) is 0 Å². The highest BCUT2D eigenvalue weighted by Gasteiger charge is 1.86. The fourth-order valence-corrected chi connectivity index (χ4v) is 1.12. The first-order chi connectivity index (χ1) is 4.33. The Labute approximate surface area is 68.4 Å². The molecular formula is C7H8IN. The third kappa shape index (κ3) is 1.86. The normalized spacial score (nSPS) is 9.44. The Balaban J connectivity index is 2.88. The molecular weight excluding hydrogens is 225 g/mol. The van der Waals surface area contributed by atoms with Gasteiger partial charge in [-0.15, -0.1) is 0 Å². The first kappa shape index (κ1) is 6.86. The quantitative estimate of drug-likeness (QED) is 0.449. The van der Waals surface area contributed by atoms with Gasteiger partial charge in [-0.2, -0.15) is 0 Å². The molecule has 48 valence electrons. The summed E-state index contributed by atoms with van der Waals surface area (Å²) < 4.78 is 1.05. The van der Waals surface area contributed by atoms with Crippen molar-refractivity contribution in [1.29, 1.82) is 0 Å². The summed E-state index contributed by atoms with van der Waals surface area (Å²) >= 11 is 2.32. The topological polar surface area (TPSA) is 26.0 Å². The third-order valence-electron chi connectivity index (χ3n) is 1.13. The highest BCUT2D eigenvalue weighted by atomic mass is 127. The van der Waals surface area contributed by atoms with E-state index in [4.69, 9.17) is 5.73 Å². The van der Waals surface area contributed by atoms with E-state index in [0.717, 1.165) is 10.1 Å². The first-order valence-corrected chi connectivity index (χ1v) is 4.26. The van der Waals surface area contributed by atoms with Crippen LogP contribution in [0, 0.1) is 0 Å². The minimum absolute atomic E-state index is 0.837. The van der Waals surface area contributed by atoms with Crippen molar-refractivity contribution in [2.45, 2.75) is 4.43 Å². The van der Waals surface area contributed by atoms with E-state index in [1.165, 1.54) is 5.56 Å². The van der Waals surface area contributed by atoms with Crippen LogP contribution in [0.15, 0.2) is 24.3 Å². The van der Waals surface area contributed by atoms with E-state index in [0.29, 0.717) is 0 Å². The molecule has 1 nitrogen and oxygen atoms in total. The van der Waals surface area contributed by atoms with Crippen LogP contribution in [-0.2, 0) is 4.43 Å². The smallest absolute Gasteiger partial charge is 0.0314 e. The summed E-state index contributed by atoms with van der Waals surface area (Å²) in [6.07, 6.45) is 0. The number of anilines is 1. The van der Waals surface area contributed by atoms with E-state index in [9.17, 15) is 0 Å². The molecule has 0 aliphatic rings. The zero-order valence-corrected chi connectivity index (χ0v) is 7.13. The van der Waals surface area contributed by atoms with Crippen LogP contribution in [0.3, 0.4) is 0 Å². The lowest BCUT2D eigenvalue weighted by molar-refractivity contribution is 1.46. The minimum atomic E-state index is 0.837. The van der Waals surface area contributed by atoms with Gasteiger partial charge in [-0.1, -0.05) is 34.7 Å². The molecule has 1 aromatic carbocycles. The second-order valence-corrected chi connectivity index (χ2v) is 2.64. The molecule has 2 N–H and O–H groups in total. The van der Waals surface area contributed by atoms with Gasteiger partial charge in [-0.05, 0) is 17.7 Å². The molecule has 0 aliphatic heterocycles. The van der Waals surface area contributed by atoms with E-state index in [-0.39, 0.29) is 0 Å². The highest BCUT2D eigenvalue weighted by molar-refractivity contribution is 14.1. The van der Waals surface area contributed by atoms with Gasteiger partial charge in [0.2, 0.25) is 0 Å². The Hall–Kier alpha value is -0.250. The molecule has 0 bridgehead atoms. The fraction of sp³-hybridized carbons (Fsp3) is 0.143. The molecule has 0 heterocycles. The zero-order chi connectivity index (χ0) is 6.69. The predicted octanol–water partition coefficient (Wildman–Crippen LogP) is 2.20. The molecule has 0 saturated heterocycles. The molecule has 0 amide bonds. The molecule has 1 rings (SSSR count). The van der Waals surface area contributed by atoms with Crippen molar-refractivity contribution in [3.8, 4) is 0 Å². The van der Waals surface area contributed by atoms with Gasteiger partial charge in [0.25, 0.3) is 0 Å². The van der Waals surface area contributed by atoms with Crippen LogP contribution in [0.1, 0.15) is 5.56 Å². The summed E-state index contributed by atoms with van der Waals surface area (Å²) in [5.41, 5.74) is 7.64. The van der Waals surface area contributed by atoms with Gasteiger partial charge in [0.1, 0.15) is 0 Å². The van der Waals surface area contributed by atoms with Gasteiger partial charge in [0.15, 0.2) is 0 Å². The Morgan fingerprint density at radius 3 is 2.22 bits per heavy atom. The monoisotopic (exact) mass is 233 g/mol. The molecule has 0 atom stereocenters. The van der Waals surface area contributed by atoms with Crippen molar-refractivity contribution in [1.82, 2.24) is 0 Å². The number of benzene rings is 1. The number of hydrogen-bond acceptors (Lipinski definition) is 1. The Kier molecular flexibility index (Phi) is 2.33. The van der Waals surface area contributed by atoms with Gasteiger partial charge >= 0.3 is 0 Å². The Morgan fingerprint density at radius 1 is 1.22 bits per heavy atom. The van der Waals surface area contributed by atoms with Crippen LogP contribution in [-0.4, -0.2) is 0 Å². The largest absolute Gasteiger partial charge is 0.399 e. The van der Waals surface area contributed by atoms with E-state index >= 15 is 0 Å². The predicted molar refractivity (Wildman–Crippen MR) is 48.6 cm³/mol. The van der Waals surface area contributed by atoms with Crippen LogP contribution in [0.25, 0.3) is 0 Å². The number of halogens is 1. The number of alkyl halides is 1. The van der Waals surface area contributed by atoms with Crippen molar-refractivity contribution < 1.29 is 0 Å². The summed E-state index contributed by atoms with van der Waals surface area (Å²) in [4.78, 5) is 0. The number of rotatable bonds is 1. The molecule has 0 unspecified atom stereocenters. The third-order valence-corrected chi connectivity index (χ3v) is 2.01. The SMILES string of the molecule is Nc1ccc(CI)cc1. The molecule has 9 heavy (non-hydrogen) atoms. The van der Waals surface area contributed by atoms with E-state index in [1.54, 1.807) is 0 Å². The maximum Gasteiger partial charge on any atom is 0.0314 e. The molecule has 0 spiro atoms. The van der Waals surface area contributed by atoms with Crippen molar-refractivity contribution in [3.63, 3.8) is 0 Å². The van der Waals surface area contributed by atoms with Crippen molar-refractivity contribution >= 4 is 28.3 Å². The zero-order valence-electron chi connectivity index (χ0n) is 4.97. The number of nitrogens with two attached hydrogens (primary N) is 1. The fourth-order valence-electron chi connectivity index (χ4n) is 0.607. The van der Waals surface area contributed by atoms with Crippen LogP contribution in [0.4, 0.5) is 5.69 Å². The maximum absolute atomic E-state index is 5.48. The van der Waals surface area contributed by atoms with Crippen LogP contribution >= 0.6 is 22.6 Å². The molecule has 1 aromatic rings. The van der Waals surface area contributed by atoms with Gasteiger partial charge < -0.3 is 5.73 Å². The van der Waals surface area contributed by atoms with Crippen LogP contribution in [0.5, 0.6) is 0 Å². The van der Waals surface area contributed by atoms with Crippen molar-refractivity contribution in [2.75, 3.05) is 5.73 Å².